The predicted octanol–water partition coefficient (Wildman–Crippen LogP) is 18.4. The Morgan fingerprint density at radius 1 is 0.318 bits per heavy atom. The second-order valence-corrected chi connectivity index (χ2v) is 18.1. The van der Waals surface area contributed by atoms with Crippen molar-refractivity contribution in [3.63, 3.8) is 0 Å². The van der Waals surface area contributed by atoms with Crippen molar-refractivity contribution in [3.05, 3.63) is 85.1 Å². The van der Waals surface area contributed by atoms with Crippen molar-refractivity contribution in [2.75, 3.05) is 13.2 Å². The molecule has 0 bridgehead atoms. The lowest BCUT2D eigenvalue weighted by molar-refractivity contribution is -0.167. The molecule has 378 valence electrons. The predicted molar refractivity (Wildman–Crippen MR) is 284 cm³/mol. The molecule has 0 aliphatic carbocycles. The van der Waals surface area contributed by atoms with Crippen molar-refractivity contribution in [3.8, 4) is 0 Å². The lowest BCUT2D eigenvalue weighted by Gasteiger charge is -2.18. The van der Waals surface area contributed by atoms with E-state index in [1.54, 1.807) is 0 Å². The molecule has 0 aliphatic heterocycles. The summed E-state index contributed by atoms with van der Waals surface area (Å²) in [7, 11) is 0. The van der Waals surface area contributed by atoms with Gasteiger partial charge in [-0.15, -0.1) is 0 Å². The molecule has 0 aromatic heterocycles. The van der Waals surface area contributed by atoms with E-state index in [9.17, 15) is 14.4 Å². The van der Waals surface area contributed by atoms with Gasteiger partial charge < -0.3 is 14.2 Å². The second-order valence-electron chi connectivity index (χ2n) is 18.1. The summed E-state index contributed by atoms with van der Waals surface area (Å²) >= 11 is 0. The van der Waals surface area contributed by atoms with Crippen molar-refractivity contribution < 1.29 is 28.6 Å². The third kappa shape index (κ3) is 51.6. The van der Waals surface area contributed by atoms with Crippen LogP contribution in [-0.2, 0) is 28.6 Å². The van der Waals surface area contributed by atoms with E-state index in [2.05, 4.69) is 106 Å². The molecular weight excluding hydrogens is 817 g/mol. The summed E-state index contributed by atoms with van der Waals surface area (Å²) in [5, 5.41) is 0. The van der Waals surface area contributed by atoms with E-state index in [-0.39, 0.29) is 37.5 Å². The number of esters is 3. The number of hydrogen-bond donors (Lipinski definition) is 0. The highest BCUT2D eigenvalue weighted by Crippen LogP contribution is 2.15. The van der Waals surface area contributed by atoms with Gasteiger partial charge >= 0.3 is 17.9 Å². The summed E-state index contributed by atoms with van der Waals surface area (Å²) in [6, 6.07) is 0. The van der Waals surface area contributed by atoms with Gasteiger partial charge in [-0.25, -0.2) is 0 Å². The summed E-state index contributed by atoms with van der Waals surface area (Å²) in [4.78, 5) is 38.1. The maximum absolute atomic E-state index is 12.8. The Hall–Kier alpha value is -3.41. The van der Waals surface area contributed by atoms with Crippen LogP contribution in [0, 0.1) is 0 Å². The third-order valence-electron chi connectivity index (χ3n) is 11.6. The number of allylic oxidation sites excluding steroid dienone is 14. The third-order valence-corrected chi connectivity index (χ3v) is 11.6. The molecule has 6 nitrogen and oxygen atoms in total. The van der Waals surface area contributed by atoms with E-state index in [1.807, 2.05) is 0 Å². The van der Waals surface area contributed by atoms with E-state index in [4.69, 9.17) is 14.2 Å². The summed E-state index contributed by atoms with van der Waals surface area (Å²) < 4.78 is 16.8. The SMILES string of the molecule is CC/C=C\C/C=C\C/C=C\C/C=C\C/C=C\CCCC(=O)OCC(COC(=O)CCCCCCCCCCCCCCCCC)OC(=O)CCCCCCC/C=C\C/C=C\CCCCCC. The summed E-state index contributed by atoms with van der Waals surface area (Å²) in [5.74, 6) is -0.968. The molecule has 0 aliphatic rings. The average Bonchev–Trinajstić information content (AvgIpc) is 3.31. The van der Waals surface area contributed by atoms with Gasteiger partial charge in [0, 0.05) is 19.3 Å². The molecule has 0 fully saturated rings. The first kappa shape index (κ1) is 62.6. The zero-order valence-corrected chi connectivity index (χ0v) is 43.2. The molecule has 0 saturated heterocycles. The topological polar surface area (TPSA) is 78.9 Å². The van der Waals surface area contributed by atoms with E-state index in [0.717, 1.165) is 103 Å². The Morgan fingerprint density at radius 2 is 0.606 bits per heavy atom. The summed E-state index contributed by atoms with van der Waals surface area (Å²) in [6.07, 6.45) is 70.0. The number of rotatable bonds is 49. The largest absolute Gasteiger partial charge is 0.462 e. The van der Waals surface area contributed by atoms with Crippen LogP contribution in [0.3, 0.4) is 0 Å². The fraction of sp³-hybridized carbons (Fsp3) is 0.717. The van der Waals surface area contributed by atoms with Crippen molar-refractivity contribution in [1.29, 1.82) is 0 Å². The minimum Gasteiger partial charge on any atom is -0.462 e. The highest BCUT2D eigenvalue weighted by molar-refractivity contribution is 5.71. The average molecular weight is 919 g/mol. The highest BCUT2D eigenvalue weighted by Gasteiger charge is 2.19. The number of carbonyl (C=O) groups excluding carboxylic acids is 3. The molecule has 0 rings (SSSR count). The van der Waals surface area contributed by atoms with Crippen LogP contribution in [0.4, 0.5) is 0 Å². The highest BCUT2D eigenvalue weighted by atomic mass is 16.6. The zero-order valence-electron chi connectivity index (χ0n) is 43.2. The number of hydrogen-bond acceptors (Lipinski definition) is 6. The van der Waals surface area contributed by atoms with Gasteiger partial charge in [-0.1, -0.05) is 234 Å². The first-order valence-electron chi connectivity index (χ1n) is 27.6. The van der Waals surface area contributed by atoms with Crippen molar-refractivity contribution in [2.24, 2.45) is 0 Å². The Bertz CT molecular complexity index is 1290. The van der Waals surface area contributed by atoms with Crippen LogP contribution in [0.1, 0.15) is 258 Å². The van der Waals surface area contributed by atoms with E-state index in [1.165, 1.54) is 109 Å². The van der Waals surface area contributed by atoms with Gasteiger partial charge in [-0.3, -0.25) is 14.4 Å². The fourth-order valence-corrected chi connectivity index (χ4v) is 7.51. The molecule has 0 amide bonds. The molecule has 0 saturated carbocycles. The molecule has 0 spiro atoms. The molecule has 0 N–H and O–H groups in total. The molecule has 0 aromatic rings. The second kappa shape index (κ2) is 54.2. The van der Waals surface area contributed by atoms with E-state index in [0.29, 0.717) is 19.3 Å². The van der Waals surface area contributed by atoms with Gasteiger partial charge in [0.25, 0.3) is 0 Å². The summed E-state index contributed by atoms with van der Waals surface area (Å²) in [5.41, 5.74) is 0. The van der Waals surface area contributed by atoms with Gasteiger partial charge in [0.05, 0.1) is 0 Å². The van der Waals surface area contributed by atoms with Gasteiger partial charge in [-0.2, -0.15) is 0 Å². The van der Waals surface area contributed by atoms with Gasteiger partial charge in [0.2, 0.25) is 0 Å². The lowest BCUT2D eigenvalue weighted by Crippen LogP contribution is -2.30. The van der Waals surface area contributed by atoms with Crippen molar-refractivity contribution in [2.45, 2.75) is 264 Å². The number of ether oxygens (including phenoxy) is 3. The van der Waals surface area contributed by atoms with Crippen LogP contribution in [0.5, 0.6) is 0 Å². The van der Waals surface area contributed by atoms with Crippen LogP contribution in [0.25, 0.3) is 0 Å². The molecular formula is C60H102O6. The number of unbranched alkanes of at least 4 members (excludes halogenated alkanes) is 24. The first-order valence-corrected chi connectivity index (χ1v) is 27.6. The smallest absolute Gasteiger partial charge is 0.306 e. The molecule has 0 radical (unpaired) electrons. The van der Waals surface area contributed by atoms with Crippen LogP contribution < -0.4 is 0 Å². The van der Waals surface area contributed by atoms with Crippen LogP contribution >= 0.6 is 0 Å². The molecule has 1 unspecified atom stereocenters. The molecule has 0 heterocycles. The maximum Gasteiger partial charge on any atom is 0.306 e. The van der Waals surface area contributed by atoms with E-state index >= 15 is 0 Å². The minimum absolute atomic E-state index is 0.0983. The van der Waals surface area contributed by atoms with Gasteiger partial charge in [-0.05, 0) is 89.9 Å². The minimum atomic E-state index is -0.805. The standard InChI is InChI=1S/C60H102O6/c1-4-7-10-13-16-19-22-25-28-30-33-35-38-41-44-47-50-53-59(62)65-56-57(55-64-58(61)52-49-46-43-40-37-34-31-27-24-21-18-15-12-9-6-3)66-60(63)54-51-48-45-42-39-36-32-29-26-23-20-17-14-11-8-5-2/h7,10,16,19-20,23,25,28-29,32-33,35,41,44,57H,4-6,8-9,11-15,17-18,21-22,24,26-27,30-31,34,36-40,42-43,45-56H2,1-3H3/b10-7-,19-16-,23-20-,28-25-,32-29-,35-33-,44-41-. The fourth-order valence-electron chi connectivity index (χ4n) is 7.51. The van der Waals surface area contributed by atoms with Gasteiger partial charge in [0.15, 0.2) is 6.10 Å². The van der Waals surface area contributed by atoms with Crippen molar-refractivity contribution >= 4 is 17.9 Å². The normalized spacial score (nSPS) is 12.7. The van der Waals surface area contributed by atoms with Crippen LogP contribution in [0.15, 0.2) is 85.1 Å². The van der Waals surface area contributed by atoms with E-state index < -0.39 is 6.10 Å². The summed E-state index contributed by atoms with van der Waals surface area (Å²) in [6.45, 7) is 6.46. The van der Waals surface area contributed by atoms with Crippen LogP contribution in [-0.4, -0.2) is 37.2 Å². The number of carbonyl (C=O) groups is 3. The Balaban J connectivity index is 4.49. The lowest BCUT2D eigenvalue weighted by atomic mass is 10.0. The molecule has 0 aromatic carbocycles. The zero-order chi connectivity index (χ0) is 47.9. The Kier molecular flexibility index (Phi) is 51.4. The first-order chi connectivity index (χ1) is 32.5. The molecule has 1 atom stereocenters. The van der Waals surface area contributed by atoms with Gasteiger partial charge in [0.1, 0.15) is 13.2 Å². The molecule has 66 heavy (non-hydrogen) atoms. The quantitative estimate of drug-likeness (QED) is 0.0262. The maximum atomic E-state index is 12.8. The molecule has 6 heteroatoms. The van der Waals surface area contributed by atoms with Crippen molar-refractivity contribution in [1.82, 2.24) is 0 Å². The Labute approximate surface area is 407 Å². The van der Waals surface area contributed by atoms with Crippen LogP contribution in [0.2, 0.25) is 0 Å². The Morgan fingerprint density at radius 3 is 1.00 bits per heavy atom. The monoisotopic (exact) mass is 919 g/mol.